The molecule has 2 rings (SSSR count). The fourth-order valence-corrected chi connectivity index (χ4v) is 2.71. The van der Waals surface area contributed by atoms with Crippen LogP contribution in [-0.4, -0.2) is 11.0 Å². The molecule has 0 bridgehead atoms. The van der Waals surface area contributed by atoms with Crippen molar-refractivity contribution in [2.45, 2.75) is 45.7 Å². The molecule has 0 saturated heterocycles. The van der Waals surface area contributed by atoms with Gasteiger partial charge >= 0.3 is 0 Å². The van der Waals surface area contributed by atoms with Gasteiger partial charge in [0.1, 0.15) is 5.82 Å². The van der Waals surface area contributed by atoms with E-state index in [1.165, 1.54) is 18.6 Å². The van der Waals surface area contributed by atoms with Gasteiger partial charge in [-0.05, 0) is 36.3 Å². The topological polar surface area (TPSA) is 55.2 Å². The molecule has 1 saturated carbocycles. The van der Waals surface area contributed by atoms with E-state index in [0.29, 0.717) is 23.6 Å². The quantitative estimate of drug-likeness (QED) is 0.671. The molecule has 5 heteroatoms. The van der Waals surface area contributed by atoms with Crippen LogP contribution < -0.4 is 5.32 Å². The smallest absolute Gasteiger partial charge is 0.272 e. The zero-order valence-electron chi connectivity index (χ0n) is 11.3. The maximum Gasteiger partial charge on any atom is 0.272 e. The highest BCUT2D eigenvalue weighted by Gasteiger charge is 2.30. The van der Waals surface area contributed by atoms with Gasteiger partial charge in [-0.1, -0.05) is 13.8 Å². The van der Waals surface area contributed by atoms with Crippen LogP contribution in [0.5, 0.6) is 0 Å². The average Bonchev–Trinajstić information content (AvgIpc) is 2.65. The van der Waals surface area contributed by atoms with E-state index in [9.17, 15) is 14.5 Å². The molecule has 1 aromatic carbocycles. The third-order valence-corrected chi connectivity index (χ3v) is 3.72. The molecule has 0 aromatic heterocycles. The Bertz CT molecular complexity index is 488. The predicted octanol–water partition coefficient (Wildman–Crippen LogP) is 3.40. The van der Waals surface area contributed by atoms with Crippen molar-refractivity contribution in [2.75, 3.05) is 0 Å². The molecule has 0 spiro atoms. The molecule has 1 unspecified atom stereocenters. The minimum atomic E-state index is -0.564. The van der Waals surface area contributed by atoms with Crippen molar-refractivity contribution in [3.05, 3.63) is 39.7 Å². The van der Waals surface area contributed by atoms with Gasteiger partial charge in [-0.25, -0.2) is 4.39 Å². The predicted molar refractivity (Wildman–Crippen MR) is 71.3 cm³/mol. The van der Waals surface area contributed by atoms with Crippen molar-refractivity contribution < 1.29 is 9.31 Å². The summed E-state index contributed by atoms with van der Waals surface area (Å²) in [6.07, 6.45) is 3.36. The number of hydrogen-bond acceptors (Lipinski definition) is 3. The molecule has 0 amide bonds. The van der Waals surface area contributed by atoms with E-state index in [4.69, 9.17) is 0 Å². The Balaban J connectivity index is 1.98. The Morgan fingerprint density at radius 3 is 2.79 bits per heavy atom. The molecule has 0 heterocycles. The van der Waals surface area contributed by atoms with Gasteiger partial charge in [-0.15, -0.1) is 0 Å². The highest BCUT2D eigenvalue weighted by atomic mass is 19.1. The minimum absolute atomic E-state index is 0.191. The Labute approximate surface area is 112 Å². The van der Waals surface area contributed by atoms with Gasteiger partial charge in [0.2, 0.25) is 0 Å². The Morgan fingerprint density at radius 1 is 1.47 bits per heavy atom. The van der Waals surface area contributed by atoms with E-state index in [1.807, 2.05) is 0 Å². The number of nitro groups is 1. The normalized spacial score (nSPS) is 21.5. The standard InChI is InChI=1S/C14H19FN2O2/c1-14(2)4-3-12(8-14)16-9-10-5-11(15)7-13(6-10)17(18)19/h5-7,12,16H,3-4,8-9H2,1-2H3. The molecule has 1 atom stereocenters. The first kappa shape index (κ1) is 13.9. The lowest BCUT2D eigenvalue weighted by atomic mass is 9.92. The summed E-state index contributed by atoms with van der Waals surface area (Å²) in [7, 11) is 0. The van der Waals surface area contributed by atoms with E-state index < -0.39 is 10.7 Å². The number of nitrogens with zero attached hydrogens (tertiary/aromatic N) is 1. The van der Waals surface area contributed by atoms with Gasteiger partial charge < -0.3 is 5.32 Å². The van der Waals surface area contributed by atoms with Crippen LogP contribution in [-0.2, 0) is 6.54 Å². The SMILES string of the molecule is CC1(C)CCC(NCc2cc(F)cc([N+](=O)[O-])c2)C1. The molecular weight excluding hydrogens is 247 g/mol. The van der Waals surface area contributed by atoms with Crippen LogP contribution in [0.3, 0.4) is 0 Å². The van der Waals surface area contributed by atoms with Crippen molar-refractivity contribution in [1.82, 2.24) is 5.32 Å². The number of halogens is 1. The molecule has 104 valence electrons. The lowest BCUT2D eigenvalue weighted by Crippen LogP contribution is -2.26. The number of benzene rings is 1. The molecule has 4 nitrogen and oxygen atoms in total. The van der Waals surface area contributed by atoms with Crippen LogP contribution in [0, 0.1) is 21.3 Å². The maximum absolute atomic E-state index is 13.3. The molecule has 1 fully saturated rings. The third-order valence-electron chi connectivity index (χ3n) is 3.72. The summed E-state index contributed by atoms with van der Waals surface area (Å²) in [5.74, 6) is -0.558. The van der Waals surface area contributed by atoms with E-state index >= 15 is 0 Å². The van der Waals surface area contributed by atoms with Crippen LogP contribution in [0.2, 0.25) is 0 Å². The molecule has 1 aromatic rings. The second kappa shape index (κ2) is 5.25. The van der Waals surface area contributed by atoms with Gasteiger partial charge in [-0.2, -0.15) is 0 Å². The Kier molecular flexibility index (Phi) is 3.85. The van der Waals surface area contributed by atoms with Gasteiger partial charge in [0, 0.05) is 18.7 Å². The van der Waals surface area contributed by atoms with Crippen molar-refractivity contribution in [3.8, 4) is 0 Å². The molecule has 0 aliphatic heterocycles. The third kappa shape index (κ3) is 3.73. The Morgan fingerprint density at radius 2 is 2.21 bits per heavy atom. The average molecular weight is 266 g/mol. The fourth-order valence-electron chi connectivity index (χ4n) is 2.71. The lowest BCUT2D eigenvalue weighted by molar-refractivity contribution is -0.385. The fraction of sp³-hybridized carbons (Fsp3) is 0.571. The van der Waals surface area contributed by atoms with Crippen molar-refractivity contribution >= 4 is 5.69 Å². The van der Waals surface area contributed by atoms with Gasteiger partial charge in [0.15, 0.2) is 0 Å². The number of hydrogen-bond donors (Lipinski definition) is 1. The second-order valence-corrected chi connectivity index (χ2v) is 6.06. The van der Waals surface area contributed by atoms with Crippen LogP contribution >= 0.6 is 0 Å². The highest BCUT2D eigenvalue weighted by Crippen LogP contribution is 2.37. The molecule has 1 N–H and O–H groups in total. The summed E-state index contributed by atoms with van der Waals surface area (Å²) in [5.41, 5.74) is 0.783. The molecule has 0 radical (unpaired) electrons. The number of rotatable bonds is 4. The number of nitro benzene ring substituents is 1. The summed E-state index contributed by atoms with van der Waals surface area (Å²) < 4.78 is 13.3. The molecule has 19 heavy (non-hydrogen) atoms. The van der Waals surface area contributed by atoms with Crippen molar-refractivity contribution in [2.24, 2.45) is 5.41 Å². The summed E-state index contributed by atoms with van der Waals surface area (Å²) in [6, 6.07) is 4.13. The first-order valence-electron chi connectivity index (χ1n) is 6.53. The Hall–Kier alpha value is -1.49. The monoisotopic (exact) mass is 266 g/mol. The summed E-state index contributed by atoms with van der Waals surface area (Å²) in [5, 5.41) is 14.0. The van der Waals surface area contributed by atoms with Crippen LogP contribution in [0.25, 0.3) is 0 Å². The minimum Gasteiger partial charge on any atom is -0.310 e. The van der Waals surface area contributed by atoms with E-state index in [1.54, 1.807) is 0 Å². The van der Waals surface area contributed by atoms with Gasteiger partial charge in [-0.3, -0.25) is 10.1 Å². The van der Waals surface area contributed by atoms with Crippen molar-refractivity contribution in [1.29, 1.82) is 0 Å². The van der Waals surface area contributed by atoms with Gasteiger partial charge in [0.05, 0.1) is 11.0 Å². The zero-order chi connectivity index (χ0) is 14.0. The van der Waals surface area contributed by atoms with Crippen LogP contribution in [0.15, 0.2) is 18.2 Å². The summed E-state index contributed by atoms with van der Waals surface area (Å²) in [4.78, 5) is 10.1. The molecule has 1 aliphatic carbocycles. The highest BCUT2D eigenvalue weighted by molar-refractivity contribution is 5.35. The summed E-state index contributed by atoms with van der Waals surface area (Å²) in [6.45, 7) is 4.95. The maximum atomic E-state index is 13.3. The van der Waals surface area contributed by atoms with Gasteiger partial charge in [0.25, 0.3) is 5.69 Å². The van der Waals surface area contributed by atoms with E-state index in [0.717, 1.165) is 18.9 Å². The van der Waals surface area contributed by atoms with Crippen LogP contribution in [0.1, 0.15) is 38.7 Å². The van der Waals surface area contributed by atoms with Crippen molar-refractivity contribution in [3.63, 3.8) is 0 Å². The number of non-ortho nitro benzene ring substituents is 1. The van der Waals surface area contributed by atoms with E-state index in [2.05, 4.69) is 19.2 Å². The first-order chi connectivity index (χ1) is 8.85. The van der Waals surface area contributed by atoms with E-state index in [-0.39, 0.29) is 5.69 Å². The molecule has 1 aliphatic rings. The molecular formula is C14H19FN2O2. The lowest BCUT2D eigenvalue weighted by Gasteiger charge is -2.17. The largest absolute Gasteiger partial charge is 0.310 e. The van der Waals surface area contributed by atoms with Crippen LogP contribution in [0.4, 0.5) is 10.1 Å². The number of nitrogens with one attached hydrogen (secondary N) is 1. The second-order valence-electron chi connectivity index (χ2n) is 6.06. The first-order valence-corrected chi connectivity index (χ1v) is 6.53. The zero-order valence-corrected chi connectivity index (χ0v) is 11.3. The summed E-state index contributed by atoms with van der Waals surface area (Å²) >= 11 is 0.